The van der Waals surface area contributed by atoms with E-state index in [1.165, 1.54) is 36.0 Å². The Morgan fingerprint density at radius 3 is 2.23 bits per heavy atom. The Morgan fingerprint density at radius 1 is 0.849 bits per heavy atom. The Bertz CT molecular complexity index is 2240. The molecule has 7 rings (SSSR count). The molecule has 5 aromatic carbocycles. The van der Waals surface area contributed by atoms with Crippen LogP contribution in [0.1, 0.15) is 48.6 Å². The third-order valence-electron chi connectivity index (χ3n) is 9.02. The molecule has 0 spiro atoms. The number of halogens is 1. The van der Waals surface area contributed by atoms with Crippen molar-refractivity contribution in [2.75, 3.05) is 13.1 Å². The van der Waals surface area contributed by atoms with Crippen LogP contribution in [0.15, 0.2) is 132 Å². The van der Waals surface area contributed by atoms with Crippen molar-refractivity contribution < 1.29 is 28.3 Å². The lowest BCUT2D eigenvalue weighted by Gasteiger charge is -2.25. The number of nitrogens with zero attached hydrogens (tertiary/aromatic N) is 1. The molecule has 0 bridgehead atoms. The molecule has 3 amide bonds. The lowest BCUT2D eigenvalue weighted by Crippen LogP contribution is -2.43. The molecule has 2 N–H and O–H groups in total. The molecular formula is C42H32FN3O5S2. The van der Waals surface area contributed by atoms with E-state index < -0.39 is 23.7 Å². The van der Waals surface area contributed by atoms with Gasteiger partial charge in [0.15, 0.2) is 5.78 Å². The van der Waals surface area contributed by atoms with Crippen LogP contribution in [0.2, 0.25) is 0 Å². The van der Waals surface area contributed by atoms with E-state index in [1.54, 1.807) is 59.5 Å². The van der Waals surface area contributed by atoms with Crippen LogP contribution in [0.5, 0.6) is 5.75 Å². The van der Waals surface area contributed by atoms with Crippen LogP contribution in [0.4, 0.5) is 4.39 Å². The maximum atomic E-state index is 14.4. The molecular weight excluding hydrogens is 710 g/mol. The number of benzene rings is 5. The smallest absolute Gasteiger partial charge is 0.263 e. The fraction of sp³-hybridized carbons (Fsp3) is 0.119. The number of carbonyl (C=O) groups is 4. The molecule has 0 saturated carbocycles. The Morgan fingerprint density at radius 2 is 1.51 bits per heavy atom. The fourth-order valence-electron chi connectivity index (χ4n) is 6.40. The second-order valence-corrected chi connectivity index (χ2v) is 14.2. The SMILES string of the molecule is O=C1NC(=S)S/C1=C/c1ccc(C(=O)NC[C@@H]2C[C@@H](Oc3ccccc3-c3ccccc3)CN2C(=O)c2ccccc2C(=O)c2ccc(F)cc2)cc1. The largest absolute Gasteiger partial charge is 0.488 e. The molecule has 2 heterocycles. The van der Waals surface area contributed by atoms with E-state index in [0.29, 0.717) is 27.0 Å². The van der Waals surface area contributed by atoms with Gasteiger partial charge in [-0.3, -0.25) is 19.2 Å². The van der Waals surface area contributed by atoms with Crippen molar-refractivity contribution in [1.29, 1.82) is 0 Å². The van der Waals surface area contributed by atoms with Crippen molar-refractivity contribution in [2.45, 2.75) is 18.6 Å². The number of ketones is 1. The highest BCUT2D eigenvalue weighted by atomic mass is 32.2. The Labute approximate surface area is 315 Å². The normalized spacial score (nSPS) is 17.5. The van der Waals surface area contributed by atoms with Crippen molar-refractivity contribution in [1.82, 2.24) is 15.5 Å². The molecule has 8 nitrogen and oxygen atoms in total. The van der Waals surface area contributed by atoms with Crippen molar-refractivity contribution >= 4 is 57.9 Å². The van der Waals surface area contributed by atoms with Gasteiger partial charge in [0.1, 0.15) is 22.0 Å². The van der Waals surface area contributed by atoms with Gasteiger partial charge in [-0.15, -0.1) is 0 Å². The van der Waals surface area contributed by atoms with Gasteiger partial charge in [0.2, 0.25) is 0 Å². The lowest BCUT2D eigenvalue weighted by atomic mass is 9.97. The lowest BCUT2D eigenvalue weighted by molar-refractivity contribution is -0.115. The first-order chi connectivity index (χ1) is 25.7. The quantitative estimate of drug-likeness (QED) is 0.0880. The standard InChI is InChI=1S/C42H32FN3O5S2/c43-30-20-18-28(19-21-30)38(47)34-11-4-5-12-35(34)41(50)46-25-32(51-36-13-7-6-10-33(36)27-8-2-1-3-9-27)23-31(46)24-44-39(48)29-16-14-26(15-17-29)22-37-40(49)45-42(52)53-37/h1-22,31-32H,23-25H2,(H,44,48)(H,45,49,52)/b37-22+/t31-,32+/m0/s1. The van der Waals surface area contributed by atoms with Gasteiger partial charge in [0.05, 0.1) is 23.1 Å². The first kappa shape index (κ1) is 35.5. The minimum Gasteiger partial charge on any atom is -0.488 e. The number of hydrogen-bond donors (Lipinski definition) is 2. The van der Waals surface area contributed by atoms with E-state index in [2.05, 4.69) is 10.6 Å². The van der Waals surface area contributed by atoms with E-state index in [1.807, 2.05) is 54.6 Å². The number of para-hydroxylation sites is 1. The van der Waals surface area contributed by atoms with Crippen molar-refractivity contribution in [3.8, 4) is 16.9 Å². The summed E-state index contributed by atoms with van der Waals surface area (Å²) in [5, 5.41) is 5.56. The number of thiocarbonyl (C=S) groups is 1. The van der Waals surface area contributed by atoms with E-state index >= 15 is 0 Å². The Kier molecular flexibility index (Phi) is 10.6. The zero-order valence-electron chi connectivity index (χ0n) is 28.2. The van der Waals surface area contributed by atoms with Crippen molar-refractivity contribution in [2.24, 2.45) is 0 Å². The number of nitrogens with one attached hydrogen (secondary N) is 2. The topological polar surface area (TPSA) is 105 Å². The minimum atomic E-state index is -0.472. The molecule has 2 aliphatic heterocycles. The fourth-order valence-corrected chi connectivity index (χ4v) is 7.45. The maximum absolute atomic E-state index is 14.4. The van der Waals surface area contributed by atoms with E-state index in [4.69, 9.17) is 17.0 Å². The molecule has 0 aromatic heterocycles. The van der Waals surface area contributed by atoms with Gasteiger partial charge in [-0.05, 0) is 65.7 Å². The molecule has 0 radical (unpaired) electrons. The van der Waals surface area contributed by atoms with Crippen LogP contribution < -0.4 is 15.4 Å². The molecule has 2 fully saturated rings. The van der Waals surface area contributed by atoms with Gasteiger partial charge in [-0.2, -0.15) is 0 Å². The predicted molar refractivity (Wildman–Crippen MR) is 207 cm³/mol. The summed E-state index contributed by atoms with van der Waals surface area (Å²) in [7, 11) is 0. The average Bonchev–Trinajstić information content (AvgIpc) is 3.74. The van der Waals surface area contributed by atoms with Gasteiger partial charge >= 0.3 is 0 Å². The Balaban J connectivity index is 1.12. The highest BCUT2D eigenvalue weighted by Gasteiger charge is 2.38. The summed E-state index contributed by atoms with van der Waals surface area (Å²) >= 11 is 6.24. The molecule has 11 heteroatoms. The number of rotatable bonds is 10. The number of ether oxygens (including phenoxy) is 1. The summed E-state index contributed by atoms with van der Waals surface area (Å²) in [5.74, 6) is -1.19. The molecule has 53 heavy (non-hydrogen) atoms. The molecule has 0 aliphatic carbocycles. The summed E-state index contributed by atoms with van der Waals surface area (Å²) in [6.45, 7) is 0.332. The second kappa shape index (κ2) is 15.8. The summed E-state index contributed by atoms with van der Waals surface area (Å²) in [6, 6.07) is 35.7. The third-order valence-corrected chi connectivity index (χ3v) is 10.2. The van der Waals surface area contributed by atoms with Gasteiger partial charge < -0.3 is 20.3 Å². The second-order valence-electron chi connectivity index (χ2n) is 12.5. The van der Waals surface area contributed by atoms with Gasteiger partial charge in [-0.1, -0.05) is 103 Å². The number of likely N-dealkylation sites (tertiary alicyclic amines) is 1. The number of amides is 3. The summed E-state index contributed by atoms with van der Waals surface area (Å²) in [4.78, 5) is 55.5. The number of thioether (sulfide) groups is 1. The molecule has 264 valence electrons. The molecule has 2 aliphatic rings. The molecule has 2 saturated heterocycles. The first-order valence-electron chi connectivity index (χ1n) is 16.9. The van der Waals surface area contributed by atoms with Crippen LogP contribution in [0.3, 0.4) is 0 Å². The van der Waals surface area contributed by atoms with Crippen LogP contribution in [-0.4, -0.2) is 58.0 Å². The van der Waals surface area contributed by atoms with Crippen LogP contribution in [-0.2, 0) is 4.79 Å². The van der Waals surface area contributed by atoms with Crippen molar-refractivity contribution in [3.05, 3.63) is 166 Å². The van der Waals surface area contributed by atoms with Crippen LogP contribution in [0, 0.1) is 5.82 Å². The van der Waals surface area contributed by atoms with E-state index in [0.717, 1.165) is 16.7 Å². The Hall–Kier alpha value is -5.91. The average molecular weight is 742 g/mol. The van der Waals surface area contributed by atoms with Crippen LogP contribution in [0.25, 0.3) is 17.2 Å². The number of hydrogen-bond acceptors (Lipinski definition) is 7. The van der Waals surface area contributed by atoms with E-state index in [-0.39, 0.29) is 47.5 Å². The highest BCUT2D eigenvalue weighted by molar-refractivity contribution is 8.26. The summed E-state index contributed by atoms with van der Waals surface area (Å²) in [5.41, 5.74) is 3.68. The minimum absolute atomic E-state index is 0.124. The molecule has 5 aromatic rings. The van der Waals surface area contributed by atoms with Crippen LogP contribution >= 0.6 is 24.0 Å². The number of carbonyl (C=O) groups excluding carboxylic acids is 4. The molecule has 0 unspecified atom stereocenters. The van der Waals surface area contributed by atoms with Gasteiger partial charge in [-0.25, -0.2) is 4.39 Å². The van der Waals surface area contributed by atoms with Gasteiger partial charge in [0.25, 0.3) is 17.7 Å². The summed E-state index contributed by atoms with van der Waals surface area (Å²) < 4.78 is 20.6. The zero-order chi connectivity index (χ0) is 36.9. The third kappa shape index (κ3) is 8.11. The first-order valence-corrected chi connectivity index (χ1v) is 18.1. The zero-order valence-corrected chi connectivity index (χ0v) is 29.8. The highest BCUT2D eigenvalue weighted by Crippen LogP contribution is 2.33. The summed E-state index contributed by atoms with van der Waals surface area (Å²) in [6.07, 6.45) is 1.70. The van der Waals surface area contributed by atoms with Gasteiger partial charge in [0, 0.05) is 35.2 Å². The van der Waals surface area contributed by atoms with E-state index in [9.17, 15) is 23.6 Å². The predicted octanol–water partition coefficient (Wildman–Crippen LogP) is 7.30. The monoisotopic (exact) mass is 741 g/mol. The molecule has 2 atom stereocenters. The van der Waals surface area contributed by atoms with Crippen molar-refractivity contribution in [3.63, 3.8) is 0 Å². The maximum Gasteiger partial charge on any atom is 0.263 e.